The van der Waals surface area contributed by atoms with Gasteiger partial charge in [-0.05, 0) is 12.5 Å². The summed E-state index contributed by atoms with van der Waals surface area (Å²) in [7, 11) is 0. The average molecular weight is 252 g/mol. The number of hydrogen-bond acceptors (Lipinski definition) is 3. The fraction of sp³-hybridized carbons (Fsp3) is 0.500. The second-order valence-electron chi connectivity index (χ2n) is 4.09. The normalized spacial score (nSPS) is 20.3. The molecule has 1 aliphatic heterocycles. The largest absolute Gasteiger partial charge is 0.337 e. The highest BCUT2D eigenvalue weighted by Gasteiger charge is 2.23. The van der Waals surface area contributed by atoms with Gasteiger partial charge in [0.25, 0.3) is 5.91 Å². The van der Waals surface area contributed by atoms with Gasteiger partial charge in [0.2, 0.25) is 5.56 Å². The minimum atomic E-state index is -0.228. The van der Waals surface area contributed by atoms with Crippen molar-refractivity contribution in [3.05, 3.63) is 34.2 Å². The van der Waals surface area contributed by atoms with Gasteiger partial charge in [-0.15, -0.1) is 0 Å². The summed E-state index contributed by atoms with van der Waals surface area (Å²) in [6.45, 7) is 3.69. The van der Waals surface area contributed by atoms with Crippen LogP contribution in [0.2, 0.25) is 0 Å². The molecule has 0 bridgehead atoms. The molecule has 1 aliphatic rings. The summed E-state index contributed by atoms with van der Waals surface area (Å²) < 4.78 is 0. The molecule has 2 heterocycles. The van der Waals surface area contributed by atoms with Crippen LogP contribution in [-0.2, 0) is 0 Å². The molecule has 0 aliphatic carbocycles. The van der Waals surface area contributed by atoms with Gasteiger partial charge in [-0.2, -0.15) is 11.8 Å². The number of rotatable bonds is 2. The van der Waals surface area contributed by atoms with Crippen LogP contribution in [0.15, 0.2) is 23.1 Å². The van der Waals surface area contributed by atoms with E-state index in [4.69, 9.17) is 0 Å². The zero-order valence-corrected chi connectivity index (χ0v) is 10.6. The number of nitrogens with zero attached hydrogens (tertiary/aromatic N) is 1. The third-order valence-electron chi connectivity index (χ3n) is 2.90. The Labute approximate surface area is 104 Å². The Morgan fingerprint density at radius 3 is 3.18 bits per heavy atom. The zero-order chi connectivity index (χ0) is 12.3. The molecule has 1 atom stereocenters. The van der Waals surface area contributed by atoms with Gasteiger partial charge in [0.15, 0.2) is 0 Å². The zero-order valence-electron chi connectivity index (χ0n) is 9.81. The predicted octanol–water partition coefficient (Wildman–Crippen LogP) is 1.34. The van der Waals surface area contributed by atoms with E-state index in [0.717, 1.165) is 25.3 Å². The molecule has 1 saturated heterocycles. The van der Waals surface area contributed by atoms with E-state index >= 15 is 0 Å². The summed E-state index contributed by atoms with van der Waals surface area (Å²) >= 11 is 1.92. The van der Waals surface area contributed by atoms with Crippen LogP contribution in [0, 0.1) is 0 Å². The Kier molecular flexibility index (Phi) is 3.89. The molecule has 1 aromatic rings. The van der Waals surface area contributed by atoms with Gasteiger partial charge in [-0.1, -0.05) is 6.92 Å². The van der Waals surface area contributed by atoms with Crippen molar-refractivity contribution in [3.63, 3.8) is 0 Å². The molecule has 1 N–H and O–H groups in total. The fourth-order valence-electron chi connectivity index (χ4n) is 1.91. The number of aromatic nitrogens is 1. The van der Waals surface area contributed by atoms with Gasteiger partial charge >= 0.3 is 0 Å². The number of H-pyrrole nitrogens is 1. The Morgan fingerprint density at radius 2 is 2.47 bits per heavy atom. The Hall–Kier alpha value is -1.23. The number of carbonyl (C=O) groups is 1. The molecule has 0 radical (unpaired) electrons. The fourth-order valence-corrected chi connectivity index (χ4v) is 3.09. The molecule has 0 saturated carbocycles. The lowest BCUT2D eigenvalue weighted by Gasteiger charge is -2.31. The van der Waals surface area contributed by atoms with Crippen molar-refractivity contribution in [2.45, 2.75) is 18.6 Å². The van der Waals surface area contributed by atoms with Crippen LogP contribution in [0.4, 0.5) is 0 Å². The number of pyridine rings is 1. The first-order valence-corrected chi connectivity index (χ1v) is 6.85. The number of thioether (sulfide) groups is 1. The highest BCUT2D eigenvalue weighted by Crippen LogP contribution is 2.22. The van der Waals surface area contributed by atoms with E-state index in [9.17, 15) is 9.59 Å². The van der Waals surface area contributed by atoms with Gasteiger partial charge in [0.1, 0.15) is 0 Å². The van der Waals surface area contributed by atoms with Crippen LogP contribution in [0.25, 0.3) is 0 Å². The highest BCUT2D eigenvalue weighted by atomic mass is 32.2. The molecule has 17 heavy (non-hydrogen) atoms. The molecule has 92 valence electrons. The van der Waals surface area contributed by atoms with E-state index in [1.807, 2.05) is 16.7 Å². The van der Waals surface area contributed by atoms with E-state index < -0.39 is 0 Å². The second kappa shape index (κ2) is 5.40. The van der Waals surface area contributed by atoms with Crippen molar-refractivity contribution in [3.8, 4) is 0 Å². The van der Waals surface area contributed by atoms with Gasteiger partial charge in [-0.25, -0.2) is 0 Å². The van der Waals surface area contributed by atoms with Crippen LogP contribution < -0.4 is 5.56 Å². The molecule has 1 unspecified atom stereocenters. The van der Waals surface area contributed by atoms with Crippen molar-refractivity contribution in [2.24, 2.45) is 0 Å². The van der Waals surface area contributed by atoms with E-state index in [1.165, 1.54) is 12.3 Å². The monoisotopic (exact) mass is 252 g/mol. The lowest BCUT2D eigenvalue weighted by molar-refractivity contribution is 0.0760. The smallest absolute Gasteiger partial charge is 0.254 e. The van der Waals surface area contributed by atoms with E-state index in [-0.39, 0.29) is 11.5 Å². The molecule has 4 nitrogen and oxygen atoms in total. The van der Waals surface area contributed by atoms with Crippen molar-refractivity contribution >= 4 is 17.7 Å². The summed E-state index contributed by atoms with van der Waals surface area (Å²) in [5.74, 6) is 0.947. The molecule has 1 fully saturated rings. The number of amides is 1. The van der Waals surface area contributed by atoms with Crippen molar-refractivity contribution < 1.29 is 4.79 Å². The second-order valence-corrected chi connectivity index (χ2v) is 5.50. The molecule has 0 aromatic carbocycles. The van der Waals surface area contributed by atoms with Gasteiger partial charge in [0.05, 0.1) is 0 Å². The molecule has 0 spiro atoms. The predicted molar refractivity (Wildman–Crippen MR) is 69.5 cm³/mol. The van der Waals surface area contributed by atoms with Gasteiger partial charge < -0.3 is 9.88 Å². The third kappa shape index (κ3) is 2.91. The van der Waals surface area contributed by atoms with Gasteiger partial charge in [-0.3, -0.25) is 9.59 Å². The van der Waals surface area contributed by atoms with E-state index in [1.54, 1.807) is 6.07 Å². The standard InChI is InChI=1S/C12H16N2O2S/c1-2-10-8-14(5-6-17-10)12(16)9-3-4-13-11(15)7-9/h3-4,7,10H,2,5-6,8H2,1H3,(H,13,15). The molecule has 2 rings (SSSR count). The van der Waals surface area contributed by atoms with Crippen LogP contribution in [0.3, 0.4) is 0 Å². The summed E-state index contributed by atoms with van der Waals surface area (Å²) in [4.78, 5) is 27.7. The average Bonchev–Trinajstić information content (AvgIpc) is 2.38. The van der Waals surface area contributed by atoms with Crippen molar-refractivity contribution in [1.29, 1.82) is 0 Å². The molecule has 5 heteroatoms. The number of hydrogen-bond donors (Lipinski definition) is 1. The minimum Gasteiger partial charge on any atom is -0.337 e. The third-order valence-corrected chi connectivity index (χ3v) is 4.28. The van der Waals surface area contributed by atoms with E-state index in [2.05, 4.69) is 11.9 Å². The molecule has 1 amide bonds. The van der Waals surface area contributed by atoms with Crippen LogP contribution >= 0.6 is 11.8 Å². The van der Waals surface area contributed by atoms with E-state index in [0.29, 0.717) is 10.8 Å². The maximum atomic E-state index is 12.2. The van der Waals surface area contributed by atoms with Crippen molar-refractivity contribution in [1.82, 2.24) is 9.88 Å². The molecular formula is C12H16N2O2S. The van der Waals surface area contributed by atoms with Crippen LogP contribution in [0.1, 0.15) is 23.7 Å². The first-order valence-electron chi connectivity index (χ1n) is 5.80. The SMILES string of the molecule is CCC1CN(C(=O)c2cc[nH]c(=O)c2)CCS1. The van der Waals surface area contributed by atoms with Gasteiger partial charge in [0, 0.05) is 41.9 Å². The van der Waals surface area contributed by atoms with Crippen LogP contribution in [-0.4, -0.2) is 39.9 Å². The summed E-state index contributed by atoms with van der Waals surface area (Å²) in [5.41, 5.74) is 0.254. The van der Waals surface area contributed by atoms with Crippen LogP contribution in [0.5, 0.6) is 0 Å². The molecule has 1 aromatic heterocycles. The lowest BCUT2D eigenvalue weighted by atomic mass is 10.2. The molecular weight excluding hydrogens is 236 g/mol. The number of nitrogens with one attached hydrogen (secondary N) is 1. The summed E-state index contributed by atoms with van der Waals surface area (Å²) in [6.07, 6.45) is 2.59. The Bertz CT molecular complexity index is 458. The summed E-state index contributed by atoms with van der Waals surface area (Å²) in [6, 6.07) is 3.03. The Balaban J connectivity index is 2.12. The first-order chi connectivity index (χ1) is 8.20. The quantitative estimate of drug-likeness (QED) is 0.864. The number of aromatic amines is 1. The summed E-state index contributed by atoms with van der Waals surface area (Å²) in [5, 5.41) is 0.523. The first kappa shape index (κ1) is 12.2. The highest BCUT2D eigenvalue weighted by molar-refractivity contribution is 8.00. The lowest BCUT2D eigenvalue weighted by Crippen LogP contribution is -2.42. The Morgan fingerprint density at radius 1 is 1.65 bits per heavy atom. The van der Waals surface area contributed by atoms with Crippen molar-refractivity contribution in [2.75, 3.05) is 18.8 Å². The topological polar surface area (TPSA) is 53.2 Å². The maximum Gasteiger partial charge on any atom is 0.254 e. The maximum absolute atomic E-state index is 12.2. The number of carbonyl (C=O) groups excluding carboxylic acids is 1. The minimum absolute atomic E-state index is 0.0325.